The highest BCUT2D eigenvalue weighted by molar-refractivity contribution is 6.08. The number of aromatic nitrogens is 2. The maximum Gasteiger partial charge on any atom is 0.303 e. The quantitative estimate of drug-likeness (QED) is 0.203. The minimum atomic E-state index is -0.799. The molecule has 1 amide bonds. The molecule has 0 bridgehead atoms. The maximum atomic E-state index is 14.2. The van der Waals surface area contributed by atoms with Gasteiger partial charge in [0.25, 0.3) is 0 Å². The fourth-order valence-corrected chi connectivity index (χ4v) is 7.68. The molecular formula is C38H48N4O5. The Hall–Kier alpha value is -3.79. The van der Waals surface area contributed by atoms with E-state index in [4.69, 9.17) is 14.5 Å². The van der Waals surface area contributed by atoms with Gasteiger partial charge in [-0.25, -0.2) is 4.98 Å². The van der Waals surface area contributed by atoms with Gasteiger partial charge in [-0.15, -0.1) is 0 Å². The van der Waals surface area contributed by atoms with Crippen molar-refractivity contribution in [2.45, 2.75) is 58.4 Å². The number of amides is 1. The van der Waals surface area contributed by atoms with Gasteiger partial charge in [0.2, 0.25) is 5.91 Å². The summed E-state index contributed by atoms with van der Waals surface area (Å²) in [6.07, 6.45) is 3.36. The van der Waals surface area contributed by atoms with Crippen LogP contribution < -0.4 is 0 Å². The Balaban J connectivity index is 1.26. The van der Waals surface area contributed by atoms with E-state index in [0.29, 0.717) is 26.2 Å². The fraction of sp³-hybridized carbons (Fsp3) is 0.500. The van der Waals surface area contributed by atoms with Gasteiger partial charge < -0.3 is 24.0 Å². The summed E-state index contributed by atoms with van der Waals surface area (Å²) in [4.78, 5) is 35.1. The Morgan fingerprint density at radius 1 is 1.02 bits per heavy atom. The van der Waals surface area contributed by atoms with E-state index >= 15 is 0 Å². The normalized spacial score (nSPS) is 17.0. The number of aliphatic carboxylic acids is 1. The standard InChI is InChI=1S/C38H48N4O5/c1-26-31(13-14-34(43)44)27(2)39-37-35(26)32-7-4-5-8-33(32)42(37)25-28-9-11-29(12-10-28)36(30-15-23-47-24-16-30)38(45)41-20-18-40(19-21-41)17-6-22-46-3/h4-5,7-12,30,36H,6,13-25H2,1-3H3,(H,43,44). The van der Waals surface area contributed by atoms with E-state index in [1.165, 1.54) is 0 Å². The van der Waals surface area contributed by atoms with Gasteiger partial charge in [0, 0.05) is 89.1 Å². The van der Waals surface area contributed by atoms with Crippen LogP contribution in [0.1, 0.15) is 59.5 Å². The highest BCUT2D eigenvalue weighted by atomic mass is 16.5. The van der Waals surface area contributed by atoms with Crippen LogP contribution in [-0.4, -0.2) is 96.0 Å². The van der Waals surface area contributed by atoms with Gasteiger partial charge in [0.05, 0.1) is 11.4 Å². The van der Waals surface area contributed by atoms with Gasteiger partial charge in [-0.3, -0.25) is 14.5 Å². The summed E-state index contributed by atoms with van der Waals surface area (Å²) in [5.74, 6) is -0.452. The van der Waals surface area contributed by atoms with Crippen molar-refractivity contribution in [1.82, 2.24) is 19.4 Å². The lowest BCUT2D eigenvalue weighted by Crippen LogP contribution is -2.51. The molecule has 1 N–H and O–H groups in total. The first-order valence-electron chi connectivity index (χ1n) is 17.1. The zero-order chi connectivity index (χ0) is 32.9. The average molecular weight is 641 g/mol. The molecule has 2 aromatic carbocycles. The molecule has 2 saturated heterocycles. The lowest BCUT2D eigenvalue weighted by Gasteiger charge is -2.39. The van der Waals surface area contributed by atoms with E-state index in [9.17, 15) is 14.7 Å². The lowest BCUT2D eigenvalue weighted by atomic mass is 9.80. The zero-order valence-corrected chi connectivity index (χ0v) is 28.0. The van der Waals surface area contributed by atoms with Crippen molar-refractivity contribution in [1.29, 1.82) is 0 Å². The molecule has 2 aromatic heterocycles. The number of carbonyl (C=O) groups excluding carboxylic acids is 1. The van der Waals surface area contributed by atoms with Crippen LogP contribution >= 0.6 is 0 Å². The molecule has 250 valence electrons. The highest BCUT2D eigenvalue weighted by Crippen LogP contribution is 2.36. The second-order valence-electron chi connectivity index (χ2n) is 13.2. The van der Waals surface area contributed by atoms with Crippen LogP contribution in [0.5, 0.6) is 0 Å². The SMILES string of the molecule is COCCCN1CCN(C(=O)C(c2ccc(Cn3c4ccccc4c4c(C)c(CCC(=O)O)c(C)nc43)cc2)C2CCOCC2)CC1. The van der Waals surface area contributed by atoms with Crippen LogP contribution in [0, 0.1) is 19.8 Å². The zero-order valence-electron chi connectivity index (χ0n) is 28.0. The van der Waals surface area contributed by atoms with E-state index in [2.05, 4.69) is 63.8 Å². The maximum absolute atomic E-state index is 14.2. The molecule has 6 rings (SSSR count). The number of rotatable bonds is 12. The number of carboxylic acid groups (broad SMARTS) is 1. The number of pyridine rings is 1. The summed E-state index contributed by atoms with van der Waals surface area (Å²) >= 11 is 0. The van der Waals surface area contributed by atoms with Gasteiger partial charge in [-0.1, -0.05) is 42.5 Å². The molecule has 0 saturated carbocycles. The second kappa shape index (κ2) is 15.0. The third kappa shape index (κ3) is 7.22. The molecule has 0 spiro atoms. The summed E-state index contributed by atoms with van der Waals surface area (Å²) < 4.78 is 13.2. The van der Waals surface area contributed by atoms with E-state index in [-0.39, 0.29) is 24.2 Å². The van der Waals surface area contributed by atoms with Crippen molar-refractivity contribution in [2.24, 2.45) is 5.92 Å². The Kier molecular flexibility index (Phi) is 10.5. The number of ether oxygens (including phenoxy) is 2. The largest absolute Gasteiger partial charge is 0.481 e. The average Bonchev–Trinajstić information content (AvgIpc) is 3.39. The van der Waals surface area contributed by atoms with Crippen LogP contribution in [0.15, 0.2) is 48.5 Å². The van der Waals surface area contributed by atoms with E-state index in [1.54, 1.807) is 7.11 Å². The summed E-state index contributed by atoms with van der Waals surface area (Å²) in [6, 6.07) is 17.0. The summed E-state index contributed by atoms with van der Waals surface area (Å²) in [6.45, 7) is 11.2. The Bertz CT molecular complexity index is 1700. The molecule has 2 aliphatic heterocycles. The van der Waals surface area contributed by atoms with Crippen molar-refractivity contribution in [3.05, 3.63) is 76.5 Å². The minimum absolute atomic E-state index is 0.0856. The molecule has 47 heavy (non-hydrogen) atoms. The number of carbonyl (C=O) groups is 2. The number of fused-ring (bicyclic) bond motifs is 3. The summed E-state index contributed by atoms with van der Waals surface area (Å²) in [5, 5.41) is 11.5. The van der Waals surface area contributed by atoms with Crippen LogP contribution in [0.3, 0.4) is 0 Å². The number of para-hydroxylation sites is 1. The third-order valence-electron chi connectivity index (χ3n) is 10.3. The van der Waals surface area contributed by atoms with Gasteiger partial charge in [-0.2, -0.15) is 0 Å². The van der Waals surface area contributed by atoms with Crippen molar-refractivity contribution < 1.29 is 24.2 Å². The molecule has 9 nitrogen and oxygen atoms in total. The predicted octanol–water partition coefficient (Wildman–Crippen LogP) is 5.56. The number of benzene rings is 2. The molecule has 2 aliphatic rings. The van der Waals surface area contributed by atoms with Crippen molar-refractivity contribution in [3.63, 3.8) is 0 Å². The molecular weight excluding hydrogens is 592 g/mol. The summed E-state index contributed by atoms with van der Waals surface area (Å²) in [5.41, 5.74) is 7.25. The van der Waals surface area contributed by atoms with E-state index in [1.807, 2.05) is 13.0 Å². The first-order chi connectivity index (χ1) is 22.9. The second-order valence-corrected chi connectivity index (χ2v) is 13.2. The van der Waals surface area contributed by atoms with Gasteiger partial charge >= 0.3 is 5.97 Å². The van der Waals surface area contributed by atoms with Crippen molar-refractivity contribution in [3.8, 4) is 0 Å². The van der Waals surface area contributed by atoms with Gasteiger partial charge in [-0.05, 0) is 73.8 Å². The van der Waals surface area contributed by atoms with Crippen LogP contribution in [0.4, 0.5) is 0 Å². The molecule has 9 heteroatoms. The van der Waals surface area contributed by atoms with E-state index in [0.717, 1.165) is 108 Å². The van der Waals surface area contributed by atoms with Crippen molar-refractivity contribution >= 4 is 33.8 Å². The summed E-state index contributed by atoms with van der Waals surface area (Å²) in [7, 11) is 1.74. The molecule has 4 aromatic rings. The van der Waals surface area contributed by atoms with Crippen LogP contribution in [-0.2, 0) is 32.0 Å². The molecule has 1 atom stereocenters. The number of hydrogen-bond donors (Lipinski definition) is 1. The minimum Gasteiger partial charge on any atom is -0.481 e. The number of piperazine rings is 1. The van der Waals surface area contributed by atoms with Crippen LogP contribution in [0.25, 0.3) is 21.9 Å². The smallest absolute Gasteiger partial charge is 0.303 e. The third-order valence-corrected chi connectivity index (χ3v) is 10.3. The first-order valence-corrected chi connectivity index (χ1v) is 17.1. The van der Waals surface area contributed by atoms with Crippen molar-refractivity contribution in [2.75, 3.05) is 59.7 Å². The number of methoxy groups -OCH3 is 1. The first kappa shape index (κ1) is 33.1. The van der Waals surface area contributed by atoms with Gasteiger partial charge in [0.15, 0.2) is 0 Å². The number of hydrogen-bond acceptors (Lipinski definition) is 6. The highest BCUT2D eigenvalue weighted by Gasteiger charge is 2.35. The lowest BCUT2D eigenvalue weighted by molar-refractivity contribution is -0.137. The monoisotopic (exact) mass is 640 g/mol. The number of nitrogens with zero attached hydrogens (tertiary/aromatic N) is 4. The predicted molar refractivity (Wildman–Crippen MR) is 184 cm³/mol. The molecule has 2 fully saturated rings. The van der Waals surface area contributed by atoms with Crippen LogP contribution in [0.2, 0.25) is 0 Å². The Labute approximate surface area is 277 Å². The molecule has 1 unspecified atom stereocenters. The Morgan fingerprint density at radius 2 is 1.74 bits per heavy atom. The fourth-order valence-electron chi connectivity index (χ4n) is 7.68. The topological polar surface area (TPSA) is 97.1 Å². The molecule has 4 heterocycles. The Morgan fingerprint density at radius 3 is 2.45 bits per heavy atom. The molecule has 0 radical (unpaired) electrons. The molecule has 0 aliphatic carbocycles. The van der Waals surface area contributed by atoms with E-state index < -0.39 is 5.97 Å². The number of aryl methyl sites for hydroxylation is 2. The van der Waals surface area contributed by atoms with Gasteiger partial charge in [0.1, 0.15) is 5.65 Å². The number of carboxylic acids is 1.